The Balaban J connectivity index is 1.89. The number of nitrogens with zero attached hydrogens (tertiary/aromatic N) is 1. The molecule has 0 aliphatic carbocycles. The number of alkyl halides is 3. The van der Waals surface area contributed by atoms with E-state index in [9.17, 15) is 23.3 Å². The Labute approximate surface area is 200 Å². The average Bonchev–Trinajstić information content (AvgIpc) is 2.73. The highest BCUT2D eigenvalue weighted by atomic mass is 35.5. The topological polar surface area (TPSA) is 73.6 Å². The number of nitro groups is 1. The number of ether oxygens (including phenoxy) is 2. The van der Waals surface area contributed by atoms with Crippen LogP contribution in [0.2, 0.25) is 15.1 Å². The van der Waals surface area contributed by atoms with Crippen molar-refractivity contribution in [2.24, 2.45) is 0 Å². The van der Waals surface area contributed by atoms with Gasteiger partial charge in [-0.25, -0.2) is 0 Å². The summed E-state index contributed by atoms with van der Waals surface area (Å²) in [6.07, 6.45) is -4.75. The summed E-state index contributed by atoms with van der Waals surface area (Å²) in [7, 11) is 1.33. The molecule has 0 unspecified atom stereocenters. The van der Waals surface area contributed by atoms with Crippen LogP contribution in [0.5, 0.6) is 17.2 Å². The minimum Gasteiger partial charge on any atom is -0.493 e. The maximum absolute atomic E-state index is 12.9. The first-order valence-electron chi connectivity index (χ1n) is 9.08. The summed E-state index contributed by atoms with van der Waals surface area (Å²) in [5, 5.41) is 15.3. The largest absolute Gasteiger partial charge is 0.493 e. The number of nitrogens with one attached hydrogen (secondary N) is 1. The van der Waals surface area contributed by atoms with Crippen molar-refractivity contribution >= 4 is 46.2 Å². The van der Waals surface area contributed by atoms with Crippen molar-refractivity contribution in [3.05, 3.63) is 84.8 Å². The van der Waals surface area contributed by atoms with Crippen molar-refractivity contribution in [3.8, 4) is 17.2 Å². The molecule has 0 aliphatic heterocycles. The summed E-state index contributed by atoms with van der Waals surface area (Å²) in [6.45, 7) is 0.276. The normalized spacial score (nSPS) is 11.2. The monoisotopic (exact) mass is 520 g/mol. The lowest BCUT2D eigenvalue weighted by atomic mass is 10.1. The van der Waals surface area contributed by atoms with Crippen LogP contribution in [0.1, 0.15) is 11.1 Å². The van der Waals surface area contributed by atoms with E-state index in [1.165, 1.54) is 13.2 Å². The lowest BCUT2D eigenvalue weighted by Gasteiger charge is -2.15. The van der Waals surface area contributed by atoms with Crippen LogP contribution in [0, 0.1) is 10.1 Å². The minimum absolute atomic E-state index is 0.0301. The lowest BCUT2D eigenvalue weighted by molar-refractivity contribution is -0.385. The van der Waals surface area contributed by atoms with Crippen LogP contribution in [0.3, 0.4) is 0 Å². The summed E-state index contributed by atoms with van der Waals surface area (Å²) in [4.78, 5) is 10.3. The van der Waals surface area contributed by atoms with Gasteiger partial charge in [-0.3, -0.25) is 10.1 Å². The number of anilines is 1. The molecule has 1 N–H and O–H groups in total. The van der Waals surface area contributed by atoms with Gasteiger partial charge in [0, 0.05) is 17.6 Å². The molecule has 0 radical (unpaired) electrons. The number of methoxy groups -OCH3 is 1. The van der Waals surface area contributed by atoms with Gasteiger partial charge in [-0.15, -0.1) is 0 Å². The number of benzene rings is 3. The summed E-state index contributed by atoms with van der Waals surface area (Å²) < 4.78 is 49.6. The molecule has 3 aromatic carbocycles. The molecule has 0 aliphatic rings. The molecule has 0 aromatic heterocycles. The Morgan fingerprint density at radius 1 is 1.00 bits per heavy atom. The summed E-state index contributed by atoms with van der Waals surface area (Å²) >= 11 is 18.3. The van der Waals surface area contributed by atoms with Crippen molar-refractivity contribution < 1.29 is 27.6 Å². The maximum atomic E-state index is 12.9. The van der Waals surface area contributed by atoms with E-state index in [0.29, 0.717) is 33.4 Å². The van der Waals surface area contributed by atoms with Crippen molar-refractivity contribution in [3.63, 3.8) is 0 Å². The van der Waals surface area contributed by atoms with Crippen LogP contribution < -0.4 is 14.8 Å². The Kier molecular flexibility index (Phi) is 7.46. The predicted molar refractivity (Wildman–Crippen MR) is 120 cm³/mol. The maximum Gasteiger partial charge on any atom is 0.416 e. The van der Waals surface area contributed by atoms with E-state index in [-0.39, 0.29) is 23.1 Å². The molecule has 6 nitrogen and oxygen atoms in total. The number of halogens is 6. The van der Waals surface area contributed by atoms with Gasteiger partial charge in [0.15, 0.2) is 11.5 Å². The van der Waals surface area contributed by atoms with Gasteiger partial charge >= 0.3 is 11.9 Å². The highest BCUT2D eigenvalue weighted by Gasteiger charge is 2.33. The standard InChI is InChI=1S/C21H14Cl3F3N2O4/c1-32-19-7-11(10-28-16-4-3-13(22)9-14(16)23)6-15(24)20(19)33-18-5-2-12(21(25,26)27)8-17(18)29(30)31/h2-9,28H,10H2,1H3. The van der Waals surface area contributed by atoms with Gasteiger partial charge in [-0.05, 0) is 48.0 Å². The van der Waals surface area contributed by atoms with E-state index in [1.807, 2.05) is 0 Å². The molecular weight excluding hydrogens is 508 g/mol. The van der Waals surface area contributed by atoms with E-state index in [0.717, 1.165) is 6.07 Å². The summed E-state index contributed by atoms with van der Waals surface area (Å²) in [5.74, 6) is -0.391. The molecule has 0 heterocycles. The van der Waals surface area contributed by atoms with E-state index in [2.05, 4.69) is 5.32 Å². The SMILES string of the molecule is COc1cc(CNc2ccc(Cl)cc2Cl)cc(Cl)c1Oc1ccc(C(F)(F)F)cc1[N+](=O)[O-]. The van der Waals surface area contributed by atoms with Crippen LogP contribution >= 0.6 is 34.8 Å². The molecule has 0 spiro atoms. The third-order valence-electron chi connectivity index (χ3n) is 4.40. The van der Waals surface area contributed by atoms with E-state index in [1.54, 1.807) is 24.3 Å². The molecule has 0 atom stereocenters. The first-order valence-corrected chi connectivity index (χ1v) is 10.2. The van der Waals surface area contributed by atoms with Gasteiger partial charge in [-0.2, -0.15) is 13.2 Å². The van der Waals surface area contributed by atoms with E-state index in [4.69, 9.17) is 44.3 Å². The Morgan fingerprint density at radius 3 is 2.33 bits per heavy atom. The van der Waals surface area contributed by atoms with Crippen molar-refractivity contribution in [2.75, 3.05) is 12.4 Å². The number of hydrogen-bond acceptors (Lipinski definition) is 5. The highest BCUT2D eigenvalue weighted by Crippen LogP contribution is 2.43. The Bertz CT molecular complexity index is 1210. The van der Waals surface area contributed by atoms with Crippen LogP contribution in [-0.4, -0.2) is 12.0 Å². The molecule has 174 valence electrons. The van der Waals surface area contributed by atoms with Crippen LogP contribution in [0.4, 0.5) is 24.5 Å². The number of nitro benzene ring substituents is 1. The zero-order chi connectivity index (χ0) is 24.3. The first-order chi connectivity index (χ1) is 15.5. The molecule has 0 fully saturated rings. The van der Waals surface area contributed by atoms with E-state index >= 15 is 0 Å². The number of rotatable bonds is 7. The number of hydrogen-bond donors (Lipinski definition) is 1. The Morgan fingerprint density at radius 2 is 1.73 bits per heavy atom. The quantitative estimate of drug-likeness (QED) is 0.252. The second-order valence-corrected chi connectivity index (χ2v) is 7.88. The minimum atomic E-state index is -4.75. The van der Waals surface area contributed by atoms with Crippen molar-refractivity contribution in [2.45, 2.75) is 12.7 Å². The fourth-order valence-electron chi connectivity index (χ4n) is 2.84. The van der Waals surface area contributed by atoms with Gasteiger partial charge in [-0.1, -0.05) is 34.8 Å². The first kappa shape index (κ1) is 24.8. The van der Waals surface area contributed by atoms with Gasteiger partial charge in [0.05, 0.1) is 33.3 Å². The van der Waals surface area contributed by atoms with E-state index < -0.39 is 28.1 Å². The molecule has 0 saturated heterocycles. The van der Waals surface area contributed by atoms with Gasteiger partial charge in [0.1, 0.15) is 0 Å². The predicted octanol–water partition coefficient (Wildman–Crippen LogP) is 7.99. The third kappa shape index (κ3) is 5.93. The second-order valence-electron chi connectivity index (χ2n) is 6.63. The zero-order valence-corrected chi connectivity index (χ0v) is 18.9. The molecule has 0 saturated carbocycles. The fourth-order valence-corrected chi connectivity index (χ4v) is 3.58. The van der Waals surface area contributed by atoms with Gasteiger partial charge in [0.25, 0.3) is 0 Å². The molecule has 3 rings (SSSR count). The lowest BCUT2D eigenvalue weighted by Crippen LogP contribution is -2.06. The molecule has 3 aromatic rings. The zero-order valence-electron chi connectivity index (χ0n) is 16.7. The summed E-state index contributed by atoms with van der Waals surface area (Å²) in [6, 6.07) is 9.95. The Hall–Kier alpha value is -2.88. The highest BCUT2D eigenvalue weighted by molar-refractivity contribution is 6.36. The molecular formula is C21H14Cl3F3N2O4. The van der Waals surface area contributed by atoms with Crippen molar-refractivity contribution in [1.82, 2.24) is 0 Å². The molecule has 33 heavy (non-hydrogen) atoms. The molecule has 0 bridgehead atoms. The summed E-state index contributed by atoms with van der Waals surface area (Å²) in [5.41, 5.74) is -0.776. The fraction of sp³-hybridized carbons (Fsp3) is 0.143. The van der Waals surface area contributed by atoms with Crippen LogP contribution in [-0.2, 0) is 12.7 Å². The van der Waals surface area contributed by atoms with Crippen molar-refractivity contribution in [1.29, 1.82) is 0 Å². The molecule has 12 heteroatoms. The van der Waals surface area contributed by atoms with Crippen LogP contribution in [0.15, 0.2) is 48.5 Å². The average molecular weight is 522 g/mol. The smallest absolute Gasteiger partial charge is 0.416 e. The van der Waals surface area contributed by atoms with Gasteiger partial charge in [0.2, 0.25) is 5.75 Å². The molecule has 0 amide bonds. The third-order valence-corrected chi connectivity index (χ3v) is 5.23. The second kappa shape index (κ2) is 9.94. The van der Waals surface area contributed by atoms with Gasteiger partial charge < -0.3 is 14.8 Å². The van der Waals surface area contributed by atoms with Crippen LogP contribution in [0.25, 0.3) is 0 Å².